The maximum Gasteiger partial charge on any atom is 0.306 e. The molecule has 0 saturated carbocycles. The molecular formula is C67H116O6. The lowest BCUT2D eigenvalue weighted by Gasteiger charge is -2.18. The predicted molar refractivity (Wildman–Crippen MR) is 316 cm³/mol. The van der Waals surface area contributed by atoms with Gasteiger partial charge in [0, 0.05) is 19.3 Å². The van der Waals surface area contributed by atoms with Crippen molar-refractivity contribution in [2.24, 2.45) is 0 Å². The van der Waals surface area contributed by atoms with Gasteiger partial charge in [0.05, 0.1) is 0 Å². The van der Waals surface area contributed by atoms with Crippen LogP contribution in [0.25, 0.3) is 0 Å². The number of esters is 3. The topological polar surface area (TPSA) is 78.9 Å². The molecule has 0 rings (SSSR count). The molecule has 0 aromatic rings. The first kappa shape index (κ1) is 69.6. The van der Waals surface area contributed by atoms with Gasteiger partial charge < -0.3 is 14.2 Å². The smallest absolute Gasteiger partial charge is 0.306 e. The van der Waals surface area contributed by atoms with Crippen LogP contribution in [-0.4, -0.2) is 37.2 Å². The van der Waals surface area contributed by atoms with Gasteiger partial charge in [0.15, 0.2) is 6.10 Å². The molecule has 0 aliphatic carbocycles. The summed E-state index contributed by atoms with van der Waals surface area (Å²) in [6.45, 7) is 6.49. The van der Waals surface area contributed by atoms with E-state index in [1.165, 1.54) is 154 Å². The van der Waals surface area contributed by atoms with Crippen LogP contribution in [0.15, 0.2) is 85.1 Å². The van der Waals surface area contributed by atoms with E-state index in [0.29, 0.717) is 19.3 Å². The number of hydrogen-bond acceptors (Lipinski definition) is 6. The third kappa shape index (κ3) is 59.3. The Balaban J connectivity index is 4.36. The number of allylic oxidation sites excluding steroid dienone is 14. The third-order valence-electron chi connectivity index (χ3n) is 13.4. The number of hydrogen-bond donors (Lipinski definition) is 0. The van der Waals surface area contributed by atoms with Crippen molar-refractivity contribution >= 4 is 17.9 Å². The van der Waals surface area contributed by atoms with Crippen molar-refractivity contribution < 1.29 is 28.6 Å². The number of rotatable bonds is 56. The van der Waals surface area contributed by atoms with Crippen LogP contribution in [0, 0.1) is 0 Å². The number of carbonyl (C=O) groups is 3. The van der Waals surface area contributed by atoms with Crippen LogP contribution in [0.1, 0.15) is 303 Å². The minimum atomic E-state index is -0.797. The fraction of sp³-hybridized carbons (Fsp3) is 0.746. The molecular weight excluding hydrogens is 901 g/mol. The zero-order valence-electron chi connectivity index (χ0n) is 48.1. The van der Waals surface area contributed by atoms with E-state index >= 15 is 0 Å². The average Bonchev–Trinajstić information content (AvgIpc) is 3.39. The predicted octanol–water partition coefficient (Wildman–Crippen LogP) is 21.1. The molecule has 0 amide bonds. The molecule has 73 heavy (non-hydrogen) atoms. The minimum Gasteiger partial charge on any atom is -0.462 e. The van der Waals surface area contributed by atoms with E-state index in [9.17, 15) is 14.4 Å². The first-order chi connectivity index (χ1) is 36.0. The van der Waals surface area contributed by atoms with E-state index < -0.39 is 6.10 Å². The molecule has 0 saturated heterocycles. The summed E-state index contributed by atoms with van der Waals surface area (Å²) in [5, 5.41) is 0. The minimum absolute atomic E-state index is 0.0911. The monoisotopic (exact) mass is 1020 g/mol. The fourth-order valence-electron chi connectivity index (χ4n) is 8.69. The van der Waals surface area contributed by atoms with Gasteiger partial charge in [-0.1, -0.05) is 254 Å². The Hall–Kier alpha value is -3.41. The summed E-state index contributed by atoms with van der Waals surface area (Å²) in [6.07, 6.45) is 80.2. The van der Waals surface area contributed by atoms with Crippen molar-refractivity contribution in [3.8, 4) is 0 Å². The van der Waals surface area contributed by atoms with Crippen LogP contribution in [0.4, 0.5) is 0 Å². The van der Waals surface area contributed by atoms with Crippen molar-refractivity contribution in [2.45, 2.75) is 309 Å². The molecule has 1 atom stereocenters. The highest BCUT2D eigenvalue weighted by Gasteiger charge is 2.19. The zero-order valence-corrected chi connectivity index (χ0v) is 48.1. The van der Waals surface area contributed by atoms with Gasteiger partial charge in [0.1, 0.15) is 13.2 Å². The molecule has 0 spiro atoms. The van der Waals surface area contributed by atoms with E-state index in [1.54, 1.807) is 0 Å². The quantitative estimate of drug-likeness (QED) is 0.0261. The molecule has 0 bridgehead atoms. The van der Waals surface area contributed by atoms with Gasteiger partial charge in [0.2, 0.25) is 0 Å². The van der Waals surface area contributed by atoms with Crippen molar-refractivity contribution in [3.05, 3.63) is 85.1 Å². The molecule has 0 fully saturated rings. The highest BCUT2D eigenvalue weighted by atomic mass is 16.6. The maximum absolute atomic E-state index is 12.9. The van der Waals surface area contributed by atoms with Crippen molar-refractivity contribution in [1.82, 2.24) is 0 Å². The van der Waals surface area contributed by atoms with Crippen LogP contribution in [0.3, 0.4) is 0 Å². The van der Waals surface area contributed by atoms with Crippen LogP contribution < -0.4 is 0 Å². The van der Waals surface area contributed by atoms with Crippen LogP contribution >= 0.6 is 0 Å². The Morgan fingerprint density at radius 1 is 0.288 bits per heavy atom. The molecule has 0 radical (unpaired) electrons. The van der Waals surface area contributed by atoms with E-state index in [-0.39, 0.29) is 31.1 Å². The number of carbonyl (C=O) groups excluding carboxylic acids is 3. The van der Waals surface area contributed by atoms with Crippen LogP contribution in [-0.2, 0) is 28.6 Å². The van der Waals surface area contributed by atoms with Gasteiger partial charge in [-0.25, -0.2) is 0 Å². The van der Waals surface area contributed by atoms with Gasteiger partial charge >= 0.3 is 17.9 Å². The van der Waals surface area contributed by atoms with E-state index in [4.69, 9.17) is 14.2 Å². The number of ether oxygens (including phenoxy) is 3. The Labute approximate surface area is 452 Å². The lowest BCUT2D eigenvalue weighted by molar-refractivity contribution is -0.167. The first-order valence-electron chi connectivity index (χ1n) is 31.1. The first-order valence-corrected chi connectivity index (χ1v) is 31.1. The molecule has 0 aromatic heterocycles. The van der Waals surface area contributed by atoms with Crippen LogP contribution in [0.2, 0.25) is 0 Å². The number of unbranched alkanes of at least 4 members (excludes halogenated alkanes) is 31. The van der Waals surface area contributed by atoms with E-state index in [2.05, 4.69) is 106 Å². The lowest BCUT2D eigenvalue weighted by Crippen LogP contribution is -2.30. The fourth-order valence-corrected chi connectivity index (χ4v) is 8.69. The molecule has 0 heterocycles. The highest BCUT2D eigenvalue weighted by molar-refractivity contribution is 5.71. The Morgan fingerprint density at radius 3 is 0.890 bits per heavy atom. The second kappa shape index (κ2) is 61.1. The summed E-state index contributed by atoms with van der Waals surface area (Å²) in [4.78, 5) is 38.2. The lowest BCUT2D eigenvalue weighted by atomic mass is 10.0. The molecule has 0 aliphatic rings. The van der Waals surface area contributed by atoms with Crippen LogP contribution in [0.5, 0.6) is 0 Å². The summed E-state index contributed by atoms with van der Waals surface area (Å²) in [6, 6.07) is 0. The largest absolute Gasteiger partial charge is 0.462 e. The van der Waals surface area contributed by atoms with E-state index in [0.717, 1.165) is 109 Å². The van der Waals surface area contributed by atoms with Crippen molar-refractivity contribution in [3.63, 3.8) is 0 Å². The van der Waals surface area contributed by atoms with Crippen molar-refractivity contribution in [1.29, 1.82) is 0 Å². The Kier molecular flexibility index (Phi) is 58.3. The summed E-state index contributed by atoms with van der Waals surface area (Å²) in [7, 11) is 0. The molecule has 0 aliphatic heterocycles. The molecule has 420 valence electrons. The Bertz CT molecular complexity index is 1400. The van der Waals surface area contributed by atoms with Gasteiger partial charge in [-0.2, -0.15) is 0 Å². The van der Waals surface area contributed by atoms with E-state index in [1.807, 2.05) is 0 Å². The molecule has 0 N–H and O–H groups in total. The normalized spacial score (nSPS) is 12.6. The second-order valence-corrected chi connectivity index (χ2v) is 20.6. The van der Waals surface area contributed by atoms with Gasteiger partial charge in [0.25, 0.3) is 0 Å². The summed E-state index contributed by atoms with van der Waals surface area (Å²) >= 11 is 0. The molecule has 6 nitrogen and oxygen atoms in total. The average molecular weight is 1020 g/mol. The summed E-state index contributed by atoms with van der Waals surface area (Å²) in [5.74, 6) is -0.926. The third-order valence-corrected chi connectivity index (χ3v) is 13.4. The second-order valence-electron chi connectivity index (χ2n) is 20.6. The SMILES string of the molecule is CC/C=C\C/C=C\C/C=C\CCCCCC(=O)OCC(COC(=O)CCCCCCCCCCCCC/C=C\CCCCCCCCCC)OC(=O)CCCCCCCC/C=C\C/C=C\C/C=C\CCCCC. The van der Waals surface area contributed by atoms with Gasteiger partial charge in [-0.3, -0.25) is 14.4 Å². The Morgan fingerprint density at radius 2 is 0.534 bits per heavy atom. The highest BCUT2D eigenvalue weighted by Crippen LogP contribution is 2.16. The zero-order chi connectivity index (χ0) is 52.9. The molecule has 0 aromatic carbocycles. The summed E-state index contributed by atoms with van der Waals surface area (Å²) < 4.78 is 16.9. The maximum atomic E-state index is 12.9. The molecule has 6 heteroatoms. The van der Waals surface area contributed by atoms with Gasteiger partial charge in [-0.15, -0.1) is 0 Å². The summed E-state index contributed by atoms with van der Waals surface area (Å²) in [5.41, 5.74) is 0. The molecule has 1 unspecified atom stereocenters. The standard InChI is InChI=1S/C67H116O6/c1-4-7-10-13-16-19-22-25-27-29-31-32-33-34-36-37-39-42-45-48-51-54-57-60-66(69)72-63-64(62-71-65(68)59-56-53-50-47-44-41-24-21-18-15-12-9-6-3)73-67(70)61-58-55-52-49-46-43-40-38-35-30-28-26-23-20-17-14-11-8-5-2/h9,12,17-18,20-21,26,28-29,31,35,38,41,44,64H,4-8,10-11,13-16,19,22-25,27,30,32-34,36-37,39-40,42-43,45-63H2,1-3H3/b12-9-,20-17-,21-18-,28-26-,31-29-,38-35-,44-41-. The van der Waals surface area contributed by atoms with Crippen molar-refractivity contribution in [2.75, 3.05) is 13.2 Å². The van der Waals surface area contributed by atoms with Gasteiger partial charge in [-0.05, 0) is 116 Å².